The molecule has 0 aliphatic rings. The van der Waals surface area contributed by atoms with Crippen LogP contribution in [0.5, 0.6) is 5.75 Å². The quantitative estimate of drug-likeness (QED) is 0.176. The zero-order chi connectivity index (χ0) is 22.8. The molecule has 0 aliphatic carbocycles. The van der Waals surface area contributed by atoms with Gasteiger partial charge in [0.15, 0.2) is 0 Å². The molecule has 8 N–H and O–H groups in total. The highest BCUT2D eigenvalue weighted by Crippen LogP contribution is 2.11. The highest BCUT2D eigenvalue weighted by molar-refractivity contribution is 7.80. The molecule has 1 rings (SSSR count). The summed E-state index contributed by atoms with van der Waals surface area (Å²) in [5.41, 5.74) is 6.05. The SMILES string of the molecule is CC(NC(=O)C(N)CS)C(=O)NC(CO)C(=O)NC(Cc1ccc(O)cc1)C(=O)O. The van der Waals surface area contributed by atoms with Crippen molar-refractivity contribution >= 4 is 36.3 Å². The van der Waals surface area contributed by atoms with Gasteiger partial charge in [0.2, 0.25) is 17.7 Å². The molecular weight excluding hydrogens is 416 g/mol. The molecule has 12 heteroatoms. The van der Waals surface area contributed by atoms with E-state index < -0.39 is 54.5 Å². The maximum Gasteiger partial charge on any atom is 0.326 e. The van der Waals surface area contributed by atoms with Crippen LogP contribution < -0.4 is 21.7 Å². The predicted octanol–water partition coefficient (Wildman–Crippen LogP) is -2.26. The van der Waals surface area contributed by atoms with Gasteiger partial charge in [-0.05, 0) is 24.6 Å². The molecule has 166 valence electrons. The summed E-state index contributed by atoms with van der Waals surface area (Å²) in [5.74, 6) is -3.54. The Bertz CT molecular complexity index is 759. The summed E-state index contributed by atoms with van der Waals surface area (Å²) >= 11 is 3.88. The van der Waals surface area contributed by atoms with Crippen molar-refractivity contribution in [1.29, 1.82) is 0 Å². The van der Waals surface area contributed by atoms with Crippen LogP contribution in [-0.4, -0.2) is 75.5 Å². The number of phenolic OH excluding ortho intramolecular Hbond substituents is 1. The molecule has 0 aromatic heterocycles. The van der Waals surface area contributed by atoms with Crippen molar-refractivity contribution in [2.45, 2.75) is 37.5 Å². The van der Waals surface area contributed by atoms with E-state index >= 15 is 0 Å². The first-order chi connectivity index (χ1) is 14.1. The van der Waals surface area contributed by atoms with Gasteiger partial charge in [-0.15, -0.1) is 0 Å². The Morgan fingerprint density at radius 2 is 1.57 bits per heavy atom. The largest absolute Gasteiger partial charge is 0.508 e. The van der Waals surface area contributed by atoms with Crippen molar-refractivity contribution in [3.05, 3.63) is 29.8 Å². The number of aromatic hydroxyl groups is 1. The zero-order valence-corrected chi connectivity index (χ0v) is 17.1. The number of aliphatic hydroxyl groups excluding tert-OH is 1. The van der Waals surface area contributed by atoms with Crippen LogP contribution in [0.15, 0.2) is 24.3 Å². The van der Waals surface area contributed by atoms with Gasteiger partial charge in [-0.2, -0.15) is 12.6 Å². The number of benzene rings is 1. The number of amides is 3. The minimum atomic E-state index is -1.43. The number of aliphatic hydroxyl groups is 1. The molecule has 0 saturated carbocycles. The lowest BCUT2D eigenvalue weighted by atomic mass is 10.1. The Kier molecular flexibility index (Phi) is 10.1. The van der Waals surface area contributed by atoms with E-state index in [4.69, 9.17) is 5.73 Å². The third-order valence-electron chi connectivity index (χ3n) is 4.09. The molecule has 0 radical (unpaired) electrons. The van der Waals surface area contributed by atoms with E-state index in [1.165, 1.54) is 31.2 Å². The molecule has 1 aromatic carbocycles. The lowest BCUT2D eigenvalue weighted by Crippen LogP contribution is -2.57. The van der Waals surface area contributed by atoms with Gasteiger partial charge in [0.05, 0.1) is 12.6 Å². The van der Waals surface area contributed by atoms with E-state index in [1.54, 1.807) is 0 Å². The molecule has 3 amide bonds. The van der Waals surface area contributed by atoms with Crippen LogP contribution in [-0.2, 0) is 25.6 Å². The Hall–Kier alpha value is -2.83. The predicted molar refractivity (Wildman–Crippen MR) is 110 cm³/mol. The fourth-order valence-electron chi connectivity index (χ4n) is 2.30. The number of phenols is 1. The zero-order valence-electron chi connectivity index (χ0n) is 16.2. The number of nitrogens with two attached hydrogens (primary N) is 1. The summed E-state index contributed by atoms with van der Waals surface area (Å²) in [5, 5.41) is 34.9. The second-order valence-electron chi connectivity index (χ2n) is 6.53. The highest BCUT2D eigenvalue weighted by atomic mass is 32.1. The van der Waals surface area contributed by atoms with Gasteiger partial charge >= 0.3 is 5.97 Å². The van der Waals surface area contributed by atoms with Crippen molar-refractivity contribution in [2.24, 2.45) is 5.73 Å². The number of hydrogen-bond acceptors (Lipinski definition) is 8. The van der Waals surface area contributed by atoms with Crippen molar-refractivity contribution in [3.8, 4) is 5.75 Å². The minimum absolute atomic E-state index is 0.00857. The van der Waals surface area contributed by atoms with Crippen LogP contribution in [0, 0.1) is 0 Å². The fourth-order valence-corrected chi connectivity index (χ4v) is 2.47. The molecule has 0 spiro atoms. The first kappa shape index (κ1) is 25.2. The average Bonchev–Trinajstić information content (AvgIpc) is 2.71. The van der Waals surface area contributed by atoms with E-state index in [9.17, 15) is 34.5 Å². The molecule has 1 aromatic rings. The maximum absolute atomic E-state index is 12.4. The van der Waals surface area contributed by atoms with Gasteiger partial charge in [-0.1, -0.05) is 12.1 Å². The van der Waals surface area contributed by atoms with Crippen LogP contribution in [0.4, 0.5) is 0 Å². The summed E-state index contributed by atoms with van der Waals surface area (Å²) in [4.78, 5) is 47.8. The van der Waals surface area contributed by atoms with E-state index in [0.29, 0.717) is 5.56 Å². The van der Waals surface area contributed by atoms with Gasteiger partial charge in [-0.3, -0.25) is 14.4 Å². The second-order valence-corrected chi connectivity index (χ2v) is 6.90. The third kappa shape index (κ3) is 7.89. The number of hydrogen-bond donors (Lipinski definition) is 8. The number of thiol groups is 1. The number of carbonyl (C=O) groups is 4. The average molecular weight is 442 g/mol. The maximum atomic E-state index is 12.4. The van der Waals surface area contributed by atoms with Crippen LogP contribution in [0.3, 0.4) is 0 Å². The van der Waals surface area contributed by atoms with Crippen molar-refractivity contribution in [3.63, 3.8) is 0 Å². The molecule has 4 atom stereocenters. The normalized spacial score (nSPS) is 14.7. The van der Waals surface area contributed by atoms with Gasteiger partial charge < -0.3 is 37.0 Å². The first-order valence-electron chi connectivity index (χ1n) is 8.98. The van der Waals surface area contributed by atoms with Crippen LogP contribution in [0.2, 0.25) is 0 Å². The number of carboxylic acid groups (broad SMARTS) is 1. The highest BCUT2D eigenvalue weighted by Gasteiger charge is 2.28. The lowest BCUT2D eigenvalue weighted by molar-refractivity contribution is -0.142. The van der Waals surface area contributed by atoms with Gasteiger partial charge in [-0.25, -0.2) is 4.79 Å². The third-order valence-corrected chi connectivity index (χ3v) is 4.49. The molecule has 0 heterocycles. The smallest absolute Gasteiger partial charge is 0.326 e. The summed E-state index contributed by atoms with van der Waals surface area (Å²) < 4.78 is 0. The Morgan fingerprint density at radius 3 is 2.07 bits per heavy atom. The first-order valence-corrected chi connectivity index (χ1v) is 9.61. The molecule has 0 bridgehead atoms. The number of carboxylic acids is 1. The molecule has 4 unspecified atom stereocenters. The van der Waals surface area contributed by atoms with Crippen molar-refractivity contribution < 1.29 is 34.5 Å². The van der Waals surface area contributed by atoms with E-state index in [1.807, 2.05) is 0 Å². The molecule has 11 nitrogen and oxygen atoms in total. The Balaban J connectivity index is 2.72. The monoisotopic (exact) mass is 442 g/mol. The molecule has 0 aliphatic heterocycles. The number of aliphatic carboxylic acids is 1. The molecular formula is C18H26N4O7S. The minimum Gasteiger partial charge on any atom is -0.508 e. The standard InChI is InChI=1S/C18H26N4O7S/c1-9(20-16(26)12(19)8-30)15(25)22-14(7-23)17(27)21-13(18(28)29)6-10-2-4-11(24)5-3-10/h2-5,9,12-14,23-24,30H,6-8,19H2,1H3,(H,20,26)(H,21,27)(H,22,25)(H,28,29). The lowest BCUT2D eigenvalue weighted by Gasteiger charge is -2.22. The fraction of sp³-hybridized carbons (Fsp3) is 0.444. The Labute approximate surface area is 178 Å². The van der Waals surface area contributed by atoms with Crippen LogP contribution in [0.25, 0.3) is 0 Å². The van der Waals surface area contributed by atoms with Gasteiger partial charge in [0.1, 0.15) is 23.9 Å². The van der Waals surface area contributed by atoms with Crippen molar-refractivity contribution in [2.75, 3.05) is 12.4 Å². The van der Waals surface area contributed by atoms with Crippen LogP contribution >= 0.6 is 12.6 Å². The summed E-state index contributed by atoms with van der Waals surface area (Å²) in [6.07, 6.45) is -0.0818. The van der Waals surface area contributed by atoms with E-state index in [0.717, 1.165) is 0 Å². The van der Waals surface area contributed by atoms with E-state index in [-0.39, 0.29) is 17.9 Å². The summed E-state index contributed by atoms with van der Waals surface area (Å²) in [6.45, 7) is 0.565. The molecule has 0 fully saturated rings. The Morgan fingerprint density at radius 1 is 1.00 bits per heavy atom. The summed E-state index contributed by atoms with van der Waals surface area (Å²) in [7, 11) is 0. The van der Waals surface area contributed by atoms with Gasteiger partial charge in [0.25, 0.3) is 0 Å². The molecule has 30 heavy (non-hydrogen) atoms. The number of carbonyl (C=O) groups excluding carboxylic acids is 3. The second kappa shape index (κ2) is 12.0. The van der Waals surface area contributed by atoms with Crippen LogP contribution in [0.1, 0.15) is 12.5 Å². The van der Waals surface area contributed by atoms with E-state index in [2.05, 4.69) is 28.6 Å². The van der Waals surface area contributed by atoms with Crippen molar-refractivity contribution in [1.82, 2.24) is 16.0 Å². The van der Waals surface area contributed by atoms with Gasteiger partial charge in [0, 0.05) is 12.2 Å². The molecule has 0 saturated heterocycles. The topological polar surface area (TPSA) is 191 Å². The summed E-state index contributed by atoms with van der Waals surface area (Å²) in [6, 6.07) is 1.01. The number of nitrogens with one attached hydrogen (secondary N) is 3. The number of rotatable bonds is 11.